The summed E-state index contributed by atoms with van der Waals surface area (Å²) in [5, 5.41) is 5.88. The number of rotatable bonds is 8. The second kappa shape index (κ2) is 8.75. The summed E-state index contributed by atoms with van der Waals surface area (Å²) in [5.41, 5.74) is 0.554. The molecule has 14 heavy (non-hydrogen) atoms. The molecule has 0 aliphatic heterocycles. The number of carbonyl (C=O) groups is 1. The van der Waals surface area contributed by atoms with Gasteiger partial charge in [-0.1, -0.05) is 32.8 Å². The normalized spacial score (nSPS) is 9.86. The van der Waals surface area contributed by atoms with Gasteiger partial charge in [-0.25, -0.2) is 0 Å². The van der Waals surface area contributed by atoms with Gasteiger partial charge in [0.2, 0.25) is 5.91 Å². The van der Waals surface area contributed by atoms with Gasteiger partial charge in [0.1, 0.15) is 0 Å². The van der Waals surface area contributed by atoms with Crippen molar-refractivity contribution in [2.45, 2.75) is 39.5 Å². The van der Waals surface area contributed by atoms with Gasteiger partial charge in [0.25, 0.3) is 0 Å². The van der Waals surface area contributed by atoms with E-state index in [4.69, 9.17) is 0 Å². The van der Waals surface area contributed by atoms with Crippen LogP contribution in [-0.4, -0.2) is 19.1 Å². The van der Waals surface area contributed by atoms with Crippen molar-refractivity contribution in [3.63, 3.8) is 0 Å². The fraction of sp³-hybridized carbons (Fsp3) is 0.727. The predicted octanol–water partition coefficient (Wildman–Crippen LogP) is 1.81. The molecule has 0 unspecified atom stereocenters. The summed E-state index contributed by atoms with van der Waals surface area (Å²) in [4.78, 5) is 11.0. The van der Waals surface area contributed by atoms with Crippen molar-refractivity contribution in [1.29, 1.82) is 0 Å². The van der Waals surface area contributed by atoms with Gasteiger partial charge in [-0.3, -0.25) is 10.1 Å². The van der Waals surface area contributed by atoms with Crippen molar-refractivity contribution in [2.24, 2.45) is 0 Å². The number of hydrogen-bond acceptors (Lipinski definition) is 2. The van der Waals surface area contributed by atoms with Gasteiger partial charge in [-0.2, -0.15) is 0 Å². The third-order valence-electron chi connectivity index (χ3n) is 1.97. The number of carbonyl (C=O) groups excluding carboxylic acids is 1. The van der Waals surface area contributed by atoms with Gasteiger partial charge in [0, 0.05) is 5.57 Å². The standard InChI is InChI=1S/C11H22N2O/c1-4-5-6-7-8-12-9-13-11(14)10(2)3/h12H,2,4-9H2,1,3H3,(H,13,14). The number of unbranched alkanes of at least 4 members (excludes halogenated alkanes) is 3. The van der Waals surface area contributed by atoms with E-state index in [1.54, 1.807) is 6.92 Å². The number of amides is 1. The maximum Gasteiger partial charge on any atom is 0.247 e. The maximum atomic E-state index is 11.0. The van der Waals surface area contributed by atoms with Gasteiger partial charge in [-0.05, 0) is 19.9 Å². The summed E-state index contributed by atoms with van der Waals surface area (Å²) < 4.78 is 0. The highest BCUT2D eigenvalue weighted by Crippen LogP contribution is 1.96. The van der Waals surface area contributed by atoms with Crippen LogP contribution in [0.3, 0.4) is 0 Å². The monoisotopic (exact) mass is 198 g/mol. The predicted molar refractivity (Wildman–Crippen MR) is 60.0 cm³/mol. The van der Waals surface area contributed by atoms with Crippen LogP contribution in [0.25, 0.3) is 0 Å². The molecule has 0 radical (unpaired) electrons. The van der Waals surface area contributed by atoms with Crippen LogP contribution in [-0.2, 0) is 4.79 Å². The fourth-order valence-corrected chi connectivity index (χ4v) is 1.06. The molecule has 0 saturated heterocycles. The molecule has 0 rings (SSSR count). The first-order valence-corrected chi connectivity index (χ1v) is 5.33. The van der Waals surface area contributed by atoms with E-state index in [1.807, 2.05) is 0 Å². The van der Waals surface area contributed by atoms with Crippen LogP contribution >= 0.6 is 0 Å². The highest BCUT2D eigenvalue weighted by atomic mass is 16.1. The Morgan fingerprint density at radius 1 is 1.29 bits per heavy atom. The van der Waals surface area contributed by atoms with E-state index in [0.29, 0.717) is 12.2 Å². The minimum absolute atomic E-state index is 0.0777. The number of nitrogens with one attached hydrogen (secondary N) is 2. The van der Waals surface area contributed by atoms with Crippen LogP contribution in [0.4, 0.5) is 0 Å². The van der Waals surface area contributed by atoms with Crippen LogP contribution < -0.4 is 10.6 Å². The van der Waals surface area contributed by atoms with Crippen LogP contribution in [0.15, 0.2) is 12.2 Å². The average Bonchev–Trinajstić information content (AvgIpc) is 2.16. The molecule has 0 bridgehead atoms. The lowest BCUT2D eigenvalue weighted by Gasteiger charge is -2.06. The Balaban J connectivity index is 3.13. The molecule has 3 heteroatoms. The topological polar surface area (TPSA) is 41.1 Å². The van der Waals surface area contributed by atoms with Gasteiger partial charge in [0.15, 0.2) is 0 Å². The molecule has 3 nitrogen and oxygen atoms in total. The average molecular weight is 198 g/mol. The minimum Gasteiger partial charge on any atom is -0.340 e. The summed E-state index contributed by atoms with van der Waals surface area (Å²) >= 11 is 0. The van der Waals surface area contributed by atoms with Gasteiger partial charge < -0.3 is 5.32 Å². The van der Waals surface area contributed by atoms with E-state index in [0.717, 1.165) is 6.54 Å². The van der Waals surface area contributed by atoms with Crippen molar-refractivity contribution in [3.05, 3.63) is 12.2 Å². The summed E-state index contributed by atoms with van der Waals surface area (Å²) in [6.07, 6.45) is 4.99. The molecule has 2 N–H and O–H groups in total. The van der Waals surface area contributed by atoms with E-state index in [9.17, 15) is 4.79 Å². The Kier molecular flexibility index (Phi) is 8.24. The second-order valence-electron chi connectivity index (χ2n) is 3.52. The first-order valence-electron chi connectivity index (χ1n) is 5.33. The Hall–Kier alpha value is -0.830. The van der Waals surface area contributed by atoms with Crippen LogP contribution in [0.1, 0.15) is 39.5 Å². The zero-order chi connectivity index (χ0) is 10.8. The molecule has 0 aromatic heterocycles. The molecule has 0 spiro atoms. The molecule has 0 aromatic rings. The molecule has 1 amide bonds. The third-order valence-corrected chi connectivity index (χ3v) is 1.97. The third kappa shape index (κ3) is 7.80. The maximum absolute atomic E-state index is 11.0. The van der Waals surface area contributed by atoms with Gasteiger partial charge >= 0.3 is 0 Å². The molecule has 0 heterocycles. The Morgan fingerprint density at radius 3 is 2.57 bits per heavy atom. The zero-order valence-electron chi connectivity index (χ0n) is 9.36. The first kappa shape index (κ1) is 13.2. The SMILES string of the molecule is C=C(C)C(=O)NCNCCCCCC. The molecule has 0 atom stereocenters. The summed E-state index contributed by atoms with van der Waals surface area (Å²) in [5.74, 6) is -0.0777. The molecular formula is C11H22N2O. The molecule has 0 aromatic carbocycles. The van der Waals surface area contributed by atoms with Crippen molar-refractivity contribution < 1.29 is 4.79 Å². The van der Waals surface area contributed by atoms with Crippen LogP contribution in [0.5, 0.6) is 0 Å². The fourth-order valence-electron chi connectivity index (χ4n) is 1.06. The zero-order valence-corrected chi connectivity index (χ0v) is 9.36. The molecule has 82 valence electrons. The van der Waals surface area contributed by atoms with Crippen molar-refractivity contribution >= 4 is 5.91 Å². The summed E-state index contributed by atoms with van der Waals surface area (Å²) in [6.45, 7) is 8.96. The molecule has 0 aliphatic rings. The van der Waals surface area contributed by atoms with Gasteiger partial charge in [-0.15, -0.1) is 0 Å². The van der Waals surface area contributed by atoms with Crippen LogP contribution in [0, 0.1) is 0 Å². The lowest BCUT2D eigenvalue weighted by Crippen LogP contribution is -2.34. The first-order chi connectivity index (χ1) is 6.68. The smallest absolute Gasteiger partial charge is 0.247 e. The molecular weight excluding hydrogens is 176 g/mol. The lowest BCUT2D eigenvalue weighted by molar-refractivity contribution is -0.117. The van der Waals surface area contributed by atoms with Crippen molar-refractivity contribution in [1.82, 2.24) is 10.6 Å². The molecule has 0 saturated carbocycles. The second-order valence-corrected chi connectivity index (χ2v) is 3.52. The van der Waals surface area contributed by atoms with E-state index in [1.165, 1.54) is 25.7 Å². The Bertz CT molecular complexity index is 178. The molecule has 0 fully saturated rings. The van der Waals surface area contributed by atoms with Gasteiger partial charge in [0.05, 0.1) is 6.67 Å². The Labute approximate surface area is 87.0 Å². The van der Waals surface area contributed by atoms with E-state index < -0.39 is 0 Å². The highest BCUT2D eigenvalue weighted by Gasteiger charge is 1.98. The lowest BCUT2D eigenvalue weighted by atomic mass is 10.2. The summed E-state index contributed by atoms with van der Waals surface area (Å²) in [6, 6.07) is 0. The van der Waals surface area contributed by atoms with Crippen molar-refractivity contribution in [2.75, 3.05) is 13.2 Å². The van der Waals surface area contributed by atoms with Crippen molar-refractivity contribution in [3.8, 4) is 0 Å². The number of hydrogen-bond donors (Lipinski definition) is 2. The summed E-state index contributed by atoms with van der Waals surface area (Å²) in [7, 11) is 0. The Morgan fingerprint density at radius 2 is 2.00 bits per heavy atom. The quantitative estimate of drug-likeness (QED) is 0.355. The largest absolute Gasteiger partial charge is 0.340 e. The van der Waals surface area contributed by atoms with E-state index in [-0.39, 0.29) is 5.91 Å². The van der Waals surface area contributed by atoms with E-state index in [2.05, 4.69) is 24.1 Å². The highest BCUT2D eigenvalue weighted by molar-refractivity contribution is 5.91. The van der Waals surface area contributed by atoms with E-state index >= 15 is 0 Å². The minimum atomic E-state index is -0.0777. The van der Waals surface area contributed by atoms with Crippen LogP contribution in [0.2, 0.25) is 0 Å². The molecule has 0 aliphatic carbocycles.